The van der Waals surface area contributed by atoms with E-state index in [0.29, 0.717) is 24.5 Å². The molecule has 0 aliphatic heterocycles. The standard InChI is InChI=1S/C43H52N4O6S2/c1-6-10-12-30-14-18-32(19-15-30)46(26-8-3)34-22-24-36(38(28-34)44-54(50)51)40-42(48)41(43(40)49)37-25-23-35(29-39(37)45-55(5,52)53)47(27-9-4)33-20-16-31(17-21-33)13-11-7-2/h14-25,28-29,45,48H,6-13,26-27H2,1-5H3,(H,50,51)/p-1. The van der Waals surface area contributed by atoms with Gasteiger partial charge >= 0.3 is 0 Å². The highest BCUT2D eigenvalue weighted by Crippen LogP contribution is 2.44. The molecule has 0 heterocycles. The zero-order chi connectivity index (χ0) is 39.7. The number of nitrogens with one attached hydrogen (secondary N) is 1. The molecule has 0 saturated carbocycles. The van der Waals surface area contributed by atoms with Gasteiger partial charge in [-0.2, -0.15) is 4.40 Å². The Morgan fingerprint density at radius 2 is 1.31 bits per heavy atom. The smallest absolute Gasteiger partial charge is 0.229 e. The molecule has 2 aliphatic rings. The van der Waals surface area contributed by atoms with E-state index in [4.69, 9.17) is 0 Å². The molecule has 1 unspecified atom stereocenters. The highest BCUT2D eigenvalue weighted by atomic mass is 32.2. The maximum Gasteiger partial charge on any atom is 0.229 e. The van der Waals surface area contributed by atoms with E-state index in [1.807, 2.05) is 12.1 Å². The first kappa shape index (κ1) is 41.4. The molecule has 5 rings (SSSR count). The molecule has 0 spiro atoms. The molecule has 55 heavy (non-hydrogen) atoms. The molecule has 0 saturated heterocycles. The van der Waals surface area contributed by atoms with Crippen LogP contribution in [0, 0.1) is 0 Å². The van der Waals surface area contributed by atoms with Gasteiger partial charge in [0, 0.05) is 47.0 Å². The van der Waals surface area contributed by atoms with Gasteiger partial charge in [-0.15, -0.1) is 0 Å². The van der Waals surface area contributed by atoms with Gasteiger partial charge in [-0.3, -0.25) is 13.7 Å². The van der Waals surface area contributed by atoms with Crippen LogP contribution >= 0.6 is 0 Å². The molecule has 1 atom stereocenters. The Morgan fingerprint density at radius 1 is 0.764 bits per heavy atom. The number of ketones is 1. The van der Waals surface area contributed by atoms with Crippen molar-refractivity contribution in [3.05, 3.63) is 124 Å². The molecule has 3 aromatic rings. The number of nitrogens with zero attached hydrogens (tertiary/aromatic N) is 3. The van der Waals surface area contributed by atoms with Crippen molar-refractivity contribution in [2.45, 2.75) is 79.1 Å². The Labute approximate surface area is 328 Å². The average Bonchev–Trinajstić information content (AvgIpc) is 3.15. The minimum Gasteiger partial charge on any atom is -0.754 e. The summed E-state index contributed by atoms with van der Waals surface area (Å²) in [4.78, 5) is 18.1. The third-order valence-corrected chi connectivity index (χ3v) is 10.5. The van der Waals surface area contributed by atoms with E-state index in [9.17, 15) is 27.1 Å². The number of hydrogen-bond donors (Lipinski definition) is 2. The topological polar surface area (TPSA) is 142 Å². The van der Waals surface area contributed by atoms with E-state index >= 15 is 0 Å². The number of sulfonamides is 1. The van der Waals surface area contributed by atoms with E-state index in [0.717, 1.165) is 69.0 Å². The summed E-state index contributed by atoms with van der Waals surface area (Å²) in [6.45, 7) is 9.72. The summed E-state index contributed by atoms with van der Waals surface area (Å²) < 4.78 is 55.5. The van der Waals surface area contributed by atoms with E-state index in [1.54, 1.807) is 36.4 Å². The van der Waals surface area contributed by atoms with E-state index in [-0.39, 0.29) is 39.4 Å². The number of benzene rings is 3. The van der Waals surface area contributed by atoms with Crippen LogP contribution in [0.15, 0.2) is 112 Å². The number of carbonyl (C=O) groups is 1. The highest BCUT2D eigenvalue weighted by Gasteiger charge is 2.39. The third-order valence-electron chi connectivity index (χ3n) is 9.57. The summed E-state index contributed by atoms with van der Waals surface area (Å²) >= 11 is -2.86. The lowest BCUT2D eigenvalue weighted by molar-refractivity contribution is -0.111. The molecule has 2 aliphatic carbocycles. The summed E-state index contributed by atoms with van der Waals surface area (Å²) in [6, 6.07) is 21.7. The first-order chi connectivity index (χ1) is 26.4. The molecule has 292 valence electrons. The van der Waals surface area contributed by atoms with Crippen molar-refractivity contribution >= 4 is 61.1 Å². The Hall–Kier alpha value is -4.78. The van der Waals surface area contributed by atoms with Crippen molar-refractivity contribution in [1.29, 1.82) is 0 Å². The Kier molecular flexibility index (Phi) is 14.1. The quantitative estimate of drug-likeness (QED) is 0.0962. The molecule has 10 nitrogen and oxygen atoms in total. The number of aliphatic hydroxyl groups is 1. The van der Waals surface area contributed by atoms with Crippen LogP contribution in [0.2, 0.25) is 0 Å². The lowest BCUT2D eigenvalue weighted by Crippen LogP contribution is -2.28. The van der Waals surface area contributed by atoms with E-state index in [1.165, 1.54) is 11.1 Å². The van der Waals surface area contributed by atoms with Crippen LogP contribution in [0.5, 0.6) is 0 Å². The van der Waals surface area contributed by atoms with Crippen molar-refractivity contribution in [3.8, 4) is 0 Å². The third kappa shape index (κ3) is 10.1. The molecule has 2 N–H and O–H groups in total. The Morgan fingerprint density at radius 3 is 1.82 bits per heavy atom. The molecular weight excluding hydrogens is 733 g/mol. The van der Waals surface area contributed by atoms with Crippen molar-refractivity contribution in [1.82, 2.24) is 0 Å². The van der Waals surface area contributed by atoms with E-state index in [2.05, 4.69) is 83.0 Å². The van der Waals surface area contributed by atoms with Gasteiger partial charge in [-0.25, -0.2) is 8.42 Å². The van der Waals surface area contributed by atoms with Crippen LogP contribution in [0.25, 0.3) is 5.57 Å². The fraction of sp³-hybridized carbons (Fsp3) is 0.349. The summed E-state index contributed by atoms with van der Waals surface area (Å²) in [7, 11) is -3.80. The second kappa shape index (κ2) is 18.7. The van der Waals surface area contributed by atoms with Crippen LogP contribution in [0.4, 0.5) is 22.7 Å². The number of unbranched alkanes of at least 4 members (excludes halogenated alkanes) is 2. The van der Waals surface area contributed by atoms with Gasteiger partial charge in [0.25, 0.3) is 0 Å². The SMILES string of the molecule is CCCCc1ccc(N(CCC)C2=CC(=NS(=O)[O-])C(=C3C(=O)C(c4ccc(N(CCC)c5ccc(CCCC)cc5)cc4NS(C)(=O)=O)=C3O)C=C2)cc1. The summed E-state index contributed by atoms with van der Waals surface area (Å²) in [6.07, 6.45) is 14.0. The van der Waals surface area contributed by atoms with Gasteiger partial charge in [0.15, 0.2) is 0 Å². The predicted octanol–water partition coefficient (Wildman–Crippen LogP) is 9.05. The molecular formula is C43H51N4O6S2-. The number of rotatable bonds is 18. The number of allylic oxidation sites excluding steroid dienone is 6. The lowest BCUT2D eigenvalue weighted by Gasteiger charge is -2.30. The van der Waals surface area contributed by atoms with Crippen LogP contribution in [-0.2, 0) is 38.9 Å². The summed E-state index contributed by atoms with van der Waals surface area (Å²) in [5.41, 5.74) is 6.03. The summed E-state index contributed by atoms with van der Waals surface area (Å²) in [5, 5.41) is 11.5. The number of anilines is 4. The Bertz CT molecular complexity index is 2170. The maximum absolute atomic E-state index is 14.0. The average molecular weight is 784 g/mol. The molecule has 0 radical (unpaired) electrons. The van der Waals surface area contributed by atoms with Crippen LogP contribution in [0.3, 0.4) is 0 Å². The van der Waals surface area contributed by atoms with Gasteiger partial charge < -0.3 is 19.5 Å². The van der Waals surface area contributed by atoms with Crippen molar-refractivity contribution in [2.75, 3.05) is 33.9 Å². The first-order valence-electron chi connectivity index (χ1n) is 19.0. The molecule has 3 aromatic carbocycles. The van der Waals surface area contributed by atoms with Crippen LogP contribution in [0.1, 0.15) is 82.9 Å². The van der Waals surface area contributed by atoms with Crippen molar-refractivity contribution in [2.24, 2.45) is 4.40 Å². The van der Waals surface area contributed by atoms with Crippen LogP contribution < -0.4 is 14.5 Å². The number of aryl methyl sites for hydroxylation is 2. The molecule has 12 heteroatoms. The predicted molar refractivity (Wildman–Crippen MR) is 225 cm³/mol. The number of carbonyl (C=O) groups excluding carboxylic acids is 1. The van der Waals surface area contributed by atoms with Gasteiger partial charge in [0.05, 0.1) is 40.1 Å². The van der Waals surface area contributed by atoms with Crippen LogP contribution in [-0.4, -0.2) is 53.1 Å². The Balaban J connectivity index is 1.53. The zero-order valence-corrected chi connectivity index (χ0v) is 33.9. The van der Waals surface area contributed by atoms with Crippen molar-refractivity contribution < 1.29 is 27.1 Å². The first-order valence-corrected chi connectivity index (χ1v) is 22.0. The monoisotopic (exact) mass is 783 g/mol. The fourth-order valence-electron chi connectivity index (χ4n) is 6.87. The molecule has 0 bridgehead atoms. The zero-order valence-electron chi connectivity index (χ0n) is 32.3. The fourth-order valence-corrected chi connectivity index (χ4v) is 7.75. The summed E-state index contributed by atoms with van der Waals surface area (Å²) in [5.74, 6) is -0.944. The van der Waals surface area contributed by atoms with Gasteiger partial charge in [-0.05, 0) is 110 Å². The second-order valence-corrected chi connectivity index (χ2v) is 16.3. The van der Waals surface area contributed by atoms with Gasteiger partial charge in [-0.1, -0.05) is 64.8 Å². The molecule has 0 amide bonds. The molecule has 0 fully saturated rings. The van der Waals surface area contributed by atoms with Crippen molar-refractivity contribution in [3.63, 3.8) is 0 Å². The minimum atomic E-state index is -3.80. The van der Waals surface area contributed by atoms with Gasteiger partial charge in [0.1, 0.15) is 5.76 Å². The lowest BCUT2D eigenvalue weighted by atomic mass is 9.78. The minimum absolute atomic E-state index is 0.00112. The van der Waals surface area contributed by atoms with E-state index < -0.39 is 27.1 Å². The second-order valence-electron chi connectivity index (χ2n) is 13.9. The maximum atomic E-state index is 14.0. The largest absolute Gasteiger partial charge is 0.754 e. The normalized spacial score (nSPS) is 16.9. The van der Waals surface area contributed by atoms with Gasteiger partial charge in [0.2, 0.25) is 15.8 Å². The highest BCUT2D eigenvalue weighted by molar-refractivity contribution is 7.92. The molecule has 0 aromatic heterocycles. The number of Topliss-reactive ketones (excluding diaryl/α,β-unsaturated/α-hetero) is 1. The number of aliphatic hydroxyl groups excluding tert-OH is 1. The number of hydrogen-bond acceptors (Lipinski definition) is 8.